The highest BCUT2D eigenvalue weighted by atomic mass is 16.2. The SMILES string of the molecule is CC1CCCCN1C(=O)CNC(=O)c1ccccc1. The van der Waals surface area contributed by atoms with Crippen molar-refractivity contribution in [1.82, 2.24) is 10.2 Å². The molecule has 1 saturated heterocycles. The van der Waals surface area contributed by atoms with Crippen molar-refractivity contribution in [2.75, 3.05) is 13.1 Å². The van der Waals surface area contributed by atoms with Crippen LogP contribution < -0.4 is 5.32 Å². The van der Waals surface area contributed by atoms with Crippen molar-refractivity contribution < 1.29 is 9.59 Å². The van der Waals surface area contributed by atoms with Crippen LogP contribution in [0, 0.1) is 0 Å². The van der Waals surface area contributed by atoms with Crippen molar-refractivity contribution in [3.63, 3.8) is 0 Å². The highest BCUT2D eigenvalue weighted by Gasteiger charge is 2.23. The van der Waals surface area contributed by atoms with E-state index in [0.29, 0.717) is 5.56 Å². The van der Waals surface area contributed by atoms with E-state index in [-0.39, 0.29) is 24.4 Å². The molecule has 102 valence electrons. The third-order valence-electron chi connectivity index (χ3n) is 3.56. The number of hydrogen-bond donors (Lipinski definition) is 1. The average molecular weight is 260 g/mol. The van der Waals surface area contributed by atoms with Crippen LogP contribution in [0.1, 0.15) is 36.5 Å². The molecule has 4 nitrogen and oxygen atoms in total. The van der Waals surface area contributed by atoms with Gasteiger partial charge in [-0.1, -0.05) is 18.2 Å². The van der Waals surface area contributed by atoms with Crippen LogP contribution >= 0.6 is 0 Å². The highest BCUT2D eigenvalue weighted by molar-refractivity contribution is 5.96. The number of benzene rings is 1. The lowest BCUT2D eigenvalue weighted by molar-refractivity contribution is -0.133. The smallest absolute Gasteiger partial charge is 0.251 e. The molecule has 4 heteroatoms. The van der Waals surface area contributed by atoms with Crippen LogP contribution in [-0.2, 0) is 4.79 Å². The minimum atomic E-state index is -0.196. The molecule has 0 spiro atoms. The number of amides is 2. The summed E-state index contributed by atoms with van der Waals surface area (Å²) < 4.78 is 0. The van der Waals surface area contributed by atoms with E-state index >= 15 is 0 Å². The van der Waals surface area contributed by atoms with Crippen LogP contribution in [0.2, 0.25) is 0 Å². The van der Waals surface area contributed by atoms with Crippen molar-refractivity contribution >= 4 is 11.8 Å². The molecule has 1 heterocycles. The topological polar surface area (TPSA) is 49.4 Å². The van der Waals surface area contributed by atoms with Gasteiger partial charge >= 0.3 is 0 Å². The van der Waals surface area contributed by atoms with Crippen LogP contribution in [0.15, 0.2) is 30.3 Å². The molecule has 1 aromatic rings. The van der Waals surface area contributed by atoms with E-state index in [1.54, 1.807) is 12.1 Å². The molecule has 1 aromatic carbocycles. The molecule has 1 N–H and O–H groups in total. The van der Waals surface area contributed by atoms with Crippen molar-refractivity contribution in [3.8, 4) is 0 Å². The van der Waals surface area contributed by atoms with E-state index in [1.165, 1.54) is 6.42 Å². The third kappa shape index (κ3) is 3.56. The number of likely N-dealkylation sites (tertiary alicyclic amines) is 1. The molecule has 1 unspecified atom stereocenters. The zero-order valence-electron chi connectivity index (χ0n) is 11.3. The molecular weight excluding hydrogens is 240 g/mol. The van der Waals surface area contributed by atoms with Gasteiger partial charge in [-0.2, -0.15) is 0 Å². The lowest BCUT2D eigenvalue weighted by Crippen LogP contribution is -2.46. The van der Waals surface area contributed by atoms with Gasteiger partial charge in [-0.25, -0.2) is 0 Å². The number of nitrogens with one attached hydrogen (secondary N) is 1. The van der Waals surface area contributed by atoms with E-state index < -0.39 is 0 Å². The van der Waals surface area contributed by atoms with Gasteiger partial charge in [0.25, 0.3) is 5.91 Å². The largest absolute Gasteiger partial charge is 0.343 e. The lowest BCUT2D eigenvalue weighted by Gasteiger charge is -2.33. The Bertz CT molecular complexity index is 445. The Kier molecular flexibility index (Phi) is 4.55. The van der Waals surface area contributed by atoms with E-state index in [1.807, 2.05) is 23.1 Å². The number of rotatable bonds is 3. The Morgan fingerprint density at radius 3 is 2.68 bits per heavy atom. The maximum absolute atomic E-state index is 12.1. The summed E-state index contributed by atoms with van der Waals surface area (Å²) in [4.78, 5) is 25.8. The average Bonchev–Trinajstić information content (AvgIpc) is 2.46. The summed E-state index contributed by atoms with van der Waals surface area (Å²) in [6, 6.07) is 9.24. The van der Waals surface area contributed by atoms with Crippen LogP contribution in [0.5, 0.6) is 0 Å². The van der Waals surface area contributed by atoms with Crippen LogP contribution in [0.4, 0.5) is 0 Å². The standard InChI is InChI=1S/C15H20N2O2/c1-12-7-5-6-10-17(12)14(18)11-16-15(19)13-8-3-2-4-9-13/h2-4,8-9,12H,5-7,10-11H2,1H3,(H,16,19). The summed E-state index contributed by atoms with van der Waals surface area (Å²) in [6.45, 7) is 2.95. The molecule has 2 rings (SSSR count). The molecule has 0 radical (unpaired) electrons. The number of piperidine rings is 1. The Morgan fingerprint density at radius 1 is 1.26 bits per heavy atom. The zero-order valence-corrected chi connectivity index (χ0v) is 11.3. The minimum Gasteiger partial charge on any atom is -0.343 e. The summed E-state index contributed by atoms with van der Waals surface area (Å²) in [5, 5.41) is 2.69. The van der Waals surface area contributed by atoms with Crippen molar-refractivity contribution in [3.05, 3.63) is 35.9 Å². The molecule has 1 atom stereocenters. The first-order valence-electron chi connectivity index (χ1n) is 6.81. The Hall–Kier alpha value is -1.84. The Morgan fingerprint density at radius 2 is 2.00 bits per heavy atom. The normalized spacial score (nSPS) is 19.0. The molecule has 1 aliphatic rings. The van der Waals surface area contributed by atoms with Gasteiger partial charge in [0.15, 0.2) is 0 Å². The predicted octanol–water partition coefficient (Wildman–Crippen LogP) is 1.82. The molecule has 0 bridgehead atoms. The van der Waals surface area contributed by atoms with Gasteiger partial charge in [0, 0.05) is 18.2 Å². The fourth-order valence-electron chi connectivity index (χ4n) is 2.42. The van der Waals surface area contributed by atoms with Crippen LogP contribution in [-0.4, -0.2) is 35.8 Å². The van der Waals surface area contributed by atoms with Gasteiger partial charge in [0.2, 0.25) is 5.91 Å². The molecule has 19 heavy (non-hydrogen) atoms. The first-order chi connectivity index (χ1) is 9.18. The highest BCUT2D eigenvalue weighted by Crippen LogP contribution is 2.16. The first kappa shape index (κ1) is 13.6. The van der Waals surface area contributed by atoms with Crippen LogP contribution in [0.25, 0.3) is 0 Å². The lowest BCUT2D eigenvalue weighted by atomic mass is 10.0. The van der Waals surface area contributed by atoms with E-state index in [0.717, 1.165) is 19.4 Å². The molecular formula is C15H20N2O2. The number of nitrogens with zero attached hydrogens (tertiary/aromatic N) is 1. The van der Waals surface area contributed by atoms with Gasteiger partial charge in [0.05, 0.1) is 6.54 Å². The summed E-state index contributed by atoms with van der Waals surface area (Å²) in [7, 11) is 0. The van der Waals surface area contributed by atoms with Gasteiger partial charge in [-0.3, -0.25) is 9.59 Å². The fraction of sp³-hybridized carbons (Fsp3) is 0.467. The van der Waals surface area contributed by atoms with E-state index in [9.17, 15) is 9.59 Å². The fourth-order valence-corrected chi connectivity index (χ4v) is 2.42. The second kappa shape index (κ2) is 6.36. The third-order valence-corrected chi connectivity index (χ3v) is 3.56. The number of carbonyl (C=O) groups excluding carboxylic acids is 2. The van der Waals surface area contributed by atoms with Crippen molar-refractivity contribution in [1.29, 1.82) is 0 Å². The Balaban J connectivity index is 1.85. The van der Waals surface area contributed by atoms with E-state index in [2.05, 4.69) is 12.2 Å². The molecule has 0 aliphatic carbocycles. The van der Waals surface area contributed by atoms with Crippen LogP contribution in [0.3, 0.4) is 0 Å². The summed E-state index contributed by atoms with van der Waals surface area (Å²) in [5.74, 6) is -0.185. The van der Waals surface area contributed by atoms with Gasteiger partial charge in [-0.05, 0) is 38.3 Å². The molecule has 2 amide bonds. The second-order valence-electron chi connectivity index (χ2n) is 4.98. The second-order valence-corrected chi connectivity index (χ2v) is 4.98. The van der Waals surface area contributed by atoms with Gasteiger partial charge in [-0.15, -0.1) is 0 Å². The minimum absolute atomic E-state index is 0.0106. The van der Waals surface area contributed by atoms with E-state index in [4.69, 9.17) is 0 Å². The summed E-state index contributed by atoms with van der Waals surface area (Å²) in [6.07, 6.45) is 3.29. The first-order valence-corrected chi connectivity index (χ1v) is 6.81. The monoisotopic (exact) mass is 260 g/mol. The molecule has 1 aliphatic heterocycles. The number of carbonyl (C=O) groups is 2. The number of hydrogen-bond acceptors (Lipinski definition) is 2. The Labute approximate surface area is 113 Å². The molecule has 0 saturated carbocycles. The predicted molar refractivity (Wildman–Crippen MR) is 73.8 cm³/mol. The van der Waals surface area contributed by atoms with Gasteiger partial charge in [0.1, 0.15) is 0 Å². The van der Waals surface area contributed by atoms with Crippen molar-refractivity contribution in [2.45, 2.75) is 32.2 Å². The summed E-state index contributed by atoms with van der Waals surface area (Å²) >= 11 is 0. The quantitative estimate of drug-likeness (QED) is 0.901. The van der Waals surface area contributed by atoms with Gasteiger partial charge < -0.3 is 10.2 Å². The summed E-state index contributed by atoms with van der Waals surface area (Å²) in [5.41, 5.74) is 0.585. The molecule has 1 fully saturated rings. The zero-order chi connectivity index (χ0) is 13.7. The maximum Gasteiger partial charge on any atom is 0.251 e. The molecule has 0 aromatic heterocycles. The maximum atomic E-state index is 12.1. The van der Waals surface area contributed by atoms with Crippen molar-refractivity contribution in [2.24, 2.45) is 0 Å².